The van der Waals surface area contributed by atoms with Gasteiger partial charge >= 0.3 is 0 Å². The van der Waals surface area contributed by atoms with Gasteiger partial charge in [-0.1, -0.05) is 27.7 Å². The summed E-state index contributed by atoms with van der Waals surface area (Å²) in [5.41, 5.74) is 0.266. The molecule has 0 aliphatic heterocycles. The Balaban J connectivity index is 2.04. The maximum atomic E-state index is 13.8. The topological polar surface area (TPSA) is 112 Å². The van der Waals surface area contributed by atoms with Gasteiger partial charge in [0.15, 0.2) is 0 Å². The summed E-state index contributed by atoms with van der Waals surface area (Å²) in [4.78, 5) is 18.2. The Morgan fingerprint density at radius 1 is 1.10 bits per heavy atom. The van der Waals surface area contributed by atoms with Gasteiger partial charge in [-0.15, -0.1) is 11.3 Å². The van der Waals surface area contributed by atoms with E-state index in [9.17, 15) is 27.1 Å². The first-order valence-electron chi connectivity index (χ1n) is 13.5. The number of rotatable bonds is 18. The second-order valence-corrected chi connectivity index (χ2v) is 13.4. The Labute approximate surface area is 235 Å². The monoisotopic (exact) mass is 588 g/mol. The predicted molar refractivity (Wildman–Crippen MR) is 151 cm³/mol. The van der Waals surface area contributed by atoms with Gasteiger partial charge in [0.1, 0.15) is 11.6 Å². The van der Waals surface area contributed by atoms with Crippen LogP contribution in [0.4, 0.5) is 8.78 Å². The number of nitrogens with zero attached hydrogens (tertiary/aromatic N) is 2. The number of hydrogen-bond acceptors (Lipinski definition) is 7. The van der Waals surface area contributed by atoms with Crippen molar-refractivity contribution in [1.29, 1.82) is 0 Å². The van der Waals surface area contributed by atoms with Gasteiger partial charge in [0, 0.05) is 56.2 Å². The molecule has 39 heavy (non-hydrogen) atoms. The third kappa shape index (κ3) is 12.0. The molecule has 12 heteroatoms. The van der Waals surface area contributed by atoms with E-state index < -0.39 is 39.7 Å². The molecule has 0 saturated heterocycles. The maximum Gasteiger partial charge on any atom is 0.221 e. The van der Waals surface area contributed by atoms with Crippen LogP contribution in [0.25, 0.3) is 0 Å². The van der Waals surface area contributed by atoms with E-state index in [0.717, 1.165) is 34.5 Å². The lowest BCUT2D eigenvalue weighted by molar-refractivity contribution is -0.122. The number of carbonyl (C=O) groups excluding carboxylic acids is 1. The lowest BCUT2D eigenvalue weighted by atomic mass is 10.0. The van der Waals surface area contributed by atoms with Crippen LogP contribution in [0.5, 0.6) is 0 Å². The fourth-order valence-corrected chi connectivity index (χ4v) is 6.87. The normalized spacial score (nSPS) is 13.7. The van der Waals surface area contributed by atoms with E-state index in [4.69, 9.17) is 0 Å². The Morgan fingerprint density at radius 3 is 2.33 bits per heavy atom. The summed E-state index contributed by atoms with van der Waals surface area (Å²) in [5, 5.41) is 17.8. The molecular weight excluding hydrogens is 546 g/mol. The second kappa shape index (κ2) is 16.3. The van der Waals surface area contributed by atoms with Crippen molar-refractivity contribution in [1.82, 2.24) is 19.9 Å². The minimum Gasteiger partial charge on any atom is -0.390 e. The molecule has 8 nitrogen and oxygen atoms in total. The van der Waals surface area contributed by atoms with Gasteiger partial charge in [-0.3, -0.25) is 4.79 Å². The molecule has 3 N–H and O–H groups in total. The van der Waals surface area contributed by atoms with Gasteiger partial charge in [-0.05, 0) is 42.9 Å². The summed E-state index contributed by atoms with van der Waals surface area (Å²) in [5.74, 6) is -1.95. The number of aliphatic hydroxyl groups is 1. The van der Waals surface area contributed by atoms with Crippen molar-refractivity contribution < 1.29 is 27.1 Å². The summed E-state index contributed by atoms with van der Waals surface area (Å²) >= 11 is 1.59. The molecule has 1 heterocycles. The zero-order chi connectivity index (χ0) is 29.0. The molecule has 0 aliphatic carbocycles. The molecule has 2 unspecified atom stereocenters. The fraction of sp³-hybridized carbons (Fsp3) is 0.630. The number of amides is 1. The van der Waals surface area contributed by atoms with Crippen molar-refractivity contribution in [3.05, 3.63) is 51.5 Å². The van der Waals surface area contributed by atoms with Gasteiger partial charge in [-0.2, -0.15) is 0 Å². The van der Waals surface area contributed by atoms with Gasteiger partial charge in [0.25, 0.3) is 0 Å². The van der Waals surface area contributed by atoms with Gasteiger partial charge < -0.3 is 15.7 Å². The number of nitrogens with one attached hydrogen (secondary N) is 2. The highest BCUT2D eigenvalue weighted by Crippen LogP contribution is 2.17. The molecule has 0 aliphatic rings. The number of aromatic nitrogens is 1. The van der Waals surface area contributed by atoms with Gasteiger partial charge in [-0.25, -0.2) is 26.5 Å². The molecule has 1 aromatic carbocycles. The number of hydrogen-bond donors (Lipinski definition) is 3. The van der Waals surface area contributed by atoms with E-state index >= 15 is 0 Å². The molecule has 0 bridgehead atoms. The lowest BCUT2D eigenvalue weighted by Gasteiger charge is -2.25. The van der Waals surface area contributed by atoms with E-state index in [-0.39, 0.29) is 30.7 Å². The Bertz CT molecular complexity index is 1120. The van der Waals surface area contributed by atoms with Gasteiger partial charge in [0.2, 0.25) is 15.9 Å². The standard InChI is InChI=1S/C27H42F2N4O4S2/c1-5-8-33(9-6-2)39(36,37)10-7-26(35)32-24(14-20-12-21(28)15-22(29)13-20)25(34)18-30-16-23-17-31-27(38-23)11-19(3)4/h12-13,15,17,19,24-25,30,34H,5-11,14,16,18H2,1-4H3,(H,32,35). The molecule has 220 valence electrons. The fourth-order valence-electron chi connectivity index (χ4n) is 4.14. The molecule has 2 aromatic rings. The summed E-state index contributed by atoms with van der Waals surface area (Å²) in [6.07, 6.45) is 2.58. The molecular formula is C27H42F2N4O4S2. The smallest absolute Gasteiger partial charge is 0.221 e. The highest BCUT2D eigenvalue weighted by atomic mass is 32.2. The first-order valence-corrected chi connectivity index (χ1v) is 15.9. The van der Waals surface area contributed by atoms with Crippen LogP contribution >= 0.6 is 11.3 Å². The quantitative estimate of drug-likeness (QED) is 0.245. The van der Waals surface area contributed by atoms with E-state index in [1.54, 1.807) is 17.5 Å². The number of carbonyl (C=O) groups is 1. The highest BCUT2D eigenvalue weighted by Gasteiger charge is 2.25. The Kier molecular flexibility index (Phi) is 13.9. The van der Waals surface area contributed by atoms with E-state index in [1.807, 2.05) is 13.8 Å². The molecule has 0 saturated carbocycles. The van der Waals surface area contributed by atoms with Crippen LogP contribution in [-0.2, 0) is 34.2 Å². The first-order chi connectivity index (χ1) is 18.4. The highest BCUT2D eigenvalue weighted by molar-refractivity contribution is 7.89. The molecule has 1 amide bonds. The number of benzene rings is 1. The molecule has 0 fully saturated rings. The molecule has 2 rings (SSSR count). The third-order valence-electron chi connectivity index (χ3n) is 5.95. The van der Waals surface area contributed by atoms with Crippen molar-refractivity contribution in [2.24, 2.45) is 5.92 Å². The Hall–Kier alpha value is -1.99. The van der Waals surface area contributed by atoms with E-state index in [1.165, 1.54) is 4.31 Å². The Morgan fingerprint density at radius 2 is 1.74 bits per heavy atom. The first kappa shape index (κ1) is 33.2. The summed E-state index contributed by atoms with van der Waals surface area (Å²) in [6, 6.07) is 2.15. The van der Waals surface area contributed by atoms with Crippen molar-refractivity contribution in [2.45, 2.75) is 78.5 Å². The summed E-state index contributed by atoms with van der Waals surface area (Å²) in [6.45, 7) is 9.35. The van der Waals surface area contributed by atoms with Crippen LogP contribution in [0.2, 0.25) is 0 Å². The number of aliphatic hydroxyl groups excluding tert-OH is 1. The van der Waals surface area contributed by atoms with Crippen molar-refractivity contribution in [3.8, 4) is 0 Å². The second-order valence-electron chi connectivity index (χ2n) is 10.1. The van der Waals surface area contributed by atoms with Crippen LogP contribution in [-0.4, -0.2) is 66.3 Å². The predicted octanol–water partition coefficient (Wildman–Crippen LogP) is 3.64. The van der Waals surface area contributed by atoms with Crippen LogP contribution in [0.15, 0.2) is 24.4 Å². The zero-order valence-corrected chi connectivity index (χ0v) is 24.9. The van der Waals surface area contributed by atoms with Crippen molar-refractivity contribution >= 4 is 27.3 Å². The molecule has 0 radical (unpaired) electrons. The maximum absolute atomic E-state index is 13.8. The van der Waals surface area contributed by atoms with Crippen molar-refractivity contribution in [3.63, 3.8) is 0 Å². The summed E-state index contributed by atoms with van der Waals surface area (Å²) in [7, 11) is -3.62. The number of thiazole rings is 1. The average Bonchev–Trinajstić information content (AvgIpc) is 3.28. The van der Waals surface area contributed by atoms with Crippen molar-refractivity contribution in [2.75, 3.05) is 25.4 Å². The minimum atomic E-state index is -3.62. The zero-order valence-electron chi connectivity index (χ0n) is 23.3. The van der Waals surface area contributed by atoms with Crippen LogP contribution < -0.4 is 10.6 Å². The molecule has 0 spiro atoms. The third-order valence-corrected chi connectivity index (χ3v) is 8.84. The van der Waals surface area contributed by atoms with Crippen LogP contribution in [0.1, 0.15) is 62.4 Å². The number of sulfonamides is 1. The SMILES string of the molecule is CCCN(CCC)S(=O)(=O)CCC(=O)NC(Cc1cc(F)cc(F)c1)C(O)CNCc1cnc(CC(C)C)s1. The lowest BCUT2D eigenvalue weighted by Crippen LogP contribution is -2.49. The summed E-state index contributed by atoms with van der Waals surface area (Å²) < 4.78 is 54.4. The largest absolute Gasteiger partial charge is 0.390 e. The minimum absolute atomic E-state index is 0.0348. The van der Waals surface area contributed by atoms with Crippen LogP contribution in [0.3, 0.4) is 0 Å². The average molecular weight is 589 g/mol. The van der Waals surface area contributed by atoms with Crippen LogP contribution in [0, 0.1) is 17.6 Å². The van der Waals surface area contributed by atoms with E-state index in [0.29, 0.717) is 38.4 Å². The molecule has 2 atom stereocenters. The molecule has 1 aromatic heterocycles. The van der Waals surface area contributed by atoms with Gasteiger partial charge in [0.05, 0.1) is 22.9 Å². The van der Waals surface area contributed by atoms with E-state index in [2.05, 4.69) is 29.5 Å². The number of halogens is 2.